The fraction of sp³-hybridized carbons (Fsp3) is 0.792. The Labute approximate surface area is 164 Å². The van der Waals surface area contributed by atoms with E-state index in [0.29, 0.717) is 17.3 Å². The van der Waals surface area contributed by atoms with Gasteiger partial charge in [-0.2, -0.15) is 0 Å². The number of ether oxygens (including phenoxy) is 2. The van der Waals surface area contributed by atoms with Crippen molar-refractivity contribution in [2.75, 3.05) is 7.11 Å². The third kappa shape index (κ3) is 2.29. The summed E-state index contributed by atoms with van der Waals surface area (Å²) in [6.45, 7) is 15.6. The Morgan fingerprint density at radius 3 is 2.37 bits per heavy atom. The van der Waals surface area contributed by atoms with Crippen molar-refractivity contribution in [2.24, 2.45) is 34.5 Å². The molecule has 5 aliphatic rings. The largest absolute Gasteiger partial charge is 0.500 e. The summed E-state index contributed by atoms with van der Waals surface area (Å²) in [4.78, 5) is 13.3. The van der Waals surface area contributed by atoms with E-state index in [1.165, 1.54) is 12.8 Å². The van der Waals surface area contributed by atoms with Gasteiger partial charge in [-0.25, -0.2) is 0 Å². The van der Waals surface area contributed by atoms with Gasteiger partial charge in [0.15, 0.2) is 5.78 Å². The molecule has 1 spiro atoms. The minimum atomic E-state index is -0.395. The number of Topliss-reactive ketones (excluding diaryl/α,β-unsaturated/α-hetero) is 1. The summed E-state index contributed by atoms with van der Waals surface area (Å²) in [6.07, 6.45) is 4.64. The van der Waals surface area contributed by atoms with Crippen molar-refractivity contribution in [1.82, 2.24) is 0 Å². The number of ketones is 1. The first kappa shape index (κ1) is 19.1. The first-order valence-corrected chi connectivity index (χ1v) is 10.7. The normalized spacial score (nSPS) is 39.3. The Hall–Kier alpha value is -1.25. The number of carbonyl (C=O) groups is 1. The second-order valence-electron chi connectivity index (χ2n) is 10.9. The van der Waals surface area contributed by atoms with Gasteiger partial charge in [0.25, 0.3) is 0 Å². The highest BCUT2D eigenvalue weighted by molar-refractivity contribution is 6.10. The Morgan fingerprint density at radius 1 is 1.19 bits per heavy atom. The molecule has 5 rings (SSSR count). The van der Waals surface area contributed by atoms with Crippen molar-refractivity contribution >= 4 is 5.78 Å². The lowest BCUT2D eigenvalue weighted by molar-refractivity contribution is -0.230. The fourth-order valence-corrected chi connectivity index (χ4v) is 6.89. The van der Waals surface area contributed by atoms with Gasteiger partial charge in [0.1, 0.15) is 17.1 Å². The molecular formula is C24H36O3. The Morgan fingerprint density at radius 2 is 1.85 bits per heavy atom. The smallest absolute Gasteiger partial charge is 0.191 e. The van der Waals surface area contributed by atoms with E-state index in [1.54, 1.807) is 7.11 Å². The van der Waals surface area contributed by atoms with Crippen molar-refractivity contribution in [3.05, 3.63) is 22.7 Å². The molecule has 3 nitrogen and oxygen atoms in total. The quantitative estimate of drug-likeness (QED) is 0.627. The predicted octanol–water partition coefficient (Wildman–Crippen LogP) is 5.66. The second-order valence-corrected chi connectivity index (χ2v) is 10.9. The third-order valence-corrected chi connectivity index (χ3v) is 8.58. The average Bonchev–Trinajstić information content (AvgIpc) is 2.59. The van der Waals surface area contributed by atoms with Crippen molar-refractivity contribution in [3.8, 4) is 0 Å². The van der Waals surface area contributed by atoms with E-state index in [1.807, 2.05) is 6.92 Å². The van der Waals surface area contributed by atoms with Crippen molar-refractivity contribution < 1.29 is 14.3 Å². The summed E-state index contributed by atoms with van der Waals surface area (Å²) in [6, 6.07) is 0. The van der Waals surface area contributed by atoms with Gasteiger partial charge < -0.3 is 9.47 Å². The van der Waals surface area contributed by atoms with Crippen LogP contribution >= 0.6 is 0 Å². The van der Waals surface area contributed by atoms with Crippen LogP contribution in [0.4, 0.5) is 0 Å². The molecule has 0 N–H and O–H groups in total. The number of rotatable bonds is 2. The number of methoxy groups -OCH3 is 1. The third-order valence-electron chi connectivity index (χ3n) is 8.58. The number of allylic oxidation sites excluding steroid dienone is 2. The van der Waals surface area contributed by atoms with E-state index < -0.39 is 5.41 Å². The highest BCUT2D eigenvalue weighted by Gasteiger charge is 2.65. The van der Waals surface area contributed by atoms with E-state index in [-0.39, 0.29) is 17.3 Å². The van der Waals surface area contributed by atoms with Gasteiger partial charge in [-0.15, -0.1) is 0 Å². The molecule has 0 aromatic carbocycles. The molecule has 0 saturated heterocycles. The van der Waals surface area contributed by atoms with Gasteiger partial charge in [0, 0.05) is 17.1 Å². The molecule has 4 aliphatic carbocycles. The monoisotopic (exact) mass is 372 g/mol. The molecule has 0 radical (unpaired) electrons. The first-order chi connectivity index (χ1) is 12.5. The maximum Gasteiger partial charge on any atom is 0.191 e. The van der Waals surface area contributed by atoms with Crippen LogP contribution in [0.3, 0.4) is 0 Å². The summed E-state index contributed by atoms with van der Waals surface area (Å²) in [5.41, 5.74) is 1.51. The van der Waals surface area contributed by atoms with Crippen LogP contribution in [0.1, 0.15) is 74.1 Å². The molecule has 27 heavy (non-hydrogen) atoms. The Bertz CT molecular complexity index is 750. The molecule has 150 valence electrons. The number of hydrogen-bond acceptors (Lipinski definition) is 3. The standard InChI is InChI=1S/C24H36O3/c1-13(2)16-12-24(10-9-15-11-17(24)22(15,4)5)27-21-18(16)19(25)14(3)20(26-8)23(21,6)7/h13,15-17H,9-12H2,1-8H3/t15?,16?,17?,24-/m1/s1. The van der Waals surface area contributed by atoms with Crippen LogP contribution in [0.15, 0.2) is 22.7 Å². The van der Waals surface area contributed by atoms with Crippen molar-refractivity contribution in [1.29, 1.82) is 0 Å². The number of hydrogen-bond donors (Lipinski definition) is 0. The van der Waals surface area contributed by atoms with Gasteiger partial charge in [0.2, 0.25) is 0 Å². The van der Waals surface area contributed by atoms with E-state index in [2.05, 4.69) is 41.5 Å². The van der Waals surface area contributed by atoms with Crippen LogP contribution in [-0.2, 0) is 14.3 Å². The summed E-state index contributed by atoms with van der Waals surface area (Å²) in [5, 5.41) is 0. The summed E-state index contributed by atoms with van der Waals surface area (Å²) >= 11 is 0. The van der Waals surface area contributed by atoms with Crippen LogP contribution in [0.2, 0.25) is 0 Å². The first-order valence-electron chi connectivity index (χ1n) is 10.7. The maximum atomic E-state index is 13.3. The van der Waals surface area contributed by atoms with Gasteiger partial charge in [0.05, 0.1) is 12.5 Å². The van der Waals surface area contributed by atoms with Gasteiger partial charge >= 0.3 is 0 Å². The van der Waals surface area contributed by atoms with Crippen LogP contribution in [0.5, 0.6) is 0 Å². The minimum Gasteiger partial charge on any atom is -0.500 e. The topological polar surface area (TPSA) is 35.5 Å². The molecular weight excluding hydrogens is 336 g/mol. The highest BCUT2D eigenvalue weighted by atomic mass is 16.5. The van der Waals surface area contributed by atoms with Gasteiger partial charge in [-0.05, 0) is 69.6 Å². The van der Waals surface area contributed by atoms with Crippen LogP contribution in [0.25, 0.3) is 0 Å². The lowest BCUT2D eigenvalue weighted by Crippen LogP contribution is -2.64. The molecule has 1 aliphatic heterocycles. The highest BCUT2D eigenvalue weighted by Crippen LogP contribution is 2.68. The summed E-state index contributed by atoms with van der Waals surface area (Å²) in [5.74, 6) is 3.92. The van der Waals surface area contributed by atoms with Crippen molar-refractivity contribution in [3.63, 3.8) is 0 Å². The predicted molar refractivity (Wildman–Crippen MR) is 107 cm³/mol. The second kappa shape index (κ2) is 5.64. The molecule has 3 unspecified atom stereocenters. The van der Waals surface area contributed by atoms with E-state index in [0.717, 1.165) is 41.4 Å². The van der Waals surface area contributed by atoms with Gasteiger partial charge in [-0.3, -0.25) is 4.79 Å². The Kier molecular flexibility index (Phi) is 3.99. The lowest BCUT2D eigenvalue weighted by atomic mass is 9.42. The average molecular weight is 373 g/mol. The molecule has 3 saturated carbocycles. The molecule has 0 amide bonds. The van der Waals surface area contributed by atoms with Crippen molar-refractivity contribution in [2.45, 2.75) is 79.8 Å². The molecule has 1 heterocycles. The fourth-order valence-electron chi connectivity index (χ4n) is 6.89. The number of carbonyl (C=O) groups excluding carboxylic acids is 1. The molecule has 2 bridgehead atoms. The molecule has 4 atom stereocenters. The molecule has 0 aromatic heterocycles. The summed E-state index contributed by atoms with van der Waals surface area (Å²) in [7, 11) is 1.68. The lowest BCUT2D eigenvalue weighted by Gasteiger charge is -2.67. The minimum absolute atomic E-state index is 0.117. The number of fused-ring (bicyclic) bond motifs is 1. The molecule has 3 fully saturated rings. The van der Waals surface area contributed by atoms with E-state index >= 15 is 0 Å². The van der Waals surface area contributed by atoms with E-state index in [4.69, 9.17) is 9.47 Å². The van der Waals surface area contributed by atoms with Crippen LogP contribution in [0, 0.1) is 34.5 Å². The van der Waals surface area contributed by atoms with Crippen LogP contribution in [-0.4, -0.2) is 18.5 Å². The van der Waals surface area contributed by atoms with E-state index in [9.17, 15) is 4.79 Å². The maximum absolute atomic E-state index is 13.3. The zero-order valence-electron chi connectivity index (χ0n) is 18.4. The zero-order chi connectivity index (χ0) is 19.9. The van der Waals surface area contributed by atoms with Gasteiger partial charge in [-0.1, -0.05) is 27.7 Å². The SMILES string of the molecule is COC1=C(C)C(=O)C2=C(O[C@]3(CCC4CC3C4(C)C)CC2C(C)C)C1(C)C. The zero-order valence-corrected chi connectivity index (χ0v) is 18.4. The molecule has 0 aromatic rings. The Balaban J connectivity index is 1.86. The summed E-state index contributed by atoms with van der Waals surface area (Å²) < 4.78 is 12.7. The molecule has 3 heteroatoms. The van der Waals surface area contributed by atoms with Crippen LogP contribution < -0.4 is 0 Å².